The molecule has 2 heterocycles. The maximum absolute atomic E-state index is 11.6. The van der Waals surface area contributed by atoms with Crippen molar-refractivity contribution in [1.29, 1.82) is 0 Å². The summed E-state index contributed by atoms with van der Waals surface area (Å²) in [6.45, 7) is 27.0. The van der Waals surface area contributed by atoms with E-state index in [-0.39, 0.29) is 16.2 Å². The molecule has 0 radical (unpaired) electrons. The highest BCUT2D eigenvalue weighted by Crippen LogP contribution is 2.45. The van der Waals surface area contributed by atoms with Crippen molar-refractivity contribution in [3.05, 3.63) is 83.6 Å². The van der Waals surface area contributed by atoms with Crippen LogP contribution in [0.25, 0.3) is 43.2 Å². The molecule has 3 nitrogen and oxygen atoms in total. The lowest BCUT2D eigenvalue weighted by atomic mass is 9.79. The van der Waals surface area contributed by atoms with Crippen LogP contribution in [0.2, 0.25) is 19.6 Å². The molecule has 0 bridgehead atoms. The van der Waals surface area contributed by atoms with Crippen molar-refractivity contribution in [2.45, 2.75) is 98.2 Å². The molecule has 5 rings (SSSR count). The first-order valence-electron chi connectivity index (χ1n) is 15.6. The summed E-state index contributed by atoms with van der Waals surface area (Å²) in [7, 11) is -1.44. The summed E-state index contributed by atoms with van der Waals surface area (Å²) in [5, 5.41) is 13.8. The van der Waals surface area contributed by atoms with Crippen molar-refractivity contribution in [2.75, 3.05) is 0 Å². The second kappa shape index (κ2) is 11.0. The van der Waals surface area contributed by atoms with E-state index >= 15 is 0 Å². The van der Waals surface area contributed by atoms with Crippen molar-refractivity contribution < 1.29 is 5.11 Å². The number of aromatic hydroxyl groups is 1. The lowest BCUT2D eigenvalue weighted by Crippen LogP contribution is -2.37. The number of fused-ring (bicyclic) bond motifs is 1. The van der Waals surface area contributed by atoms with Crippen LogP contribution in [-0.2, 0) is 16.2 Å². The third kappa shape index (κ3) is 6.41. The van der Waals surface area contributed by atoms with Gasteiger partial charge < -0.3 is 5.11 Å². The zero-order valence-corrected chi connectivity index (χ0v) is 30.4. The molecule has 230 valence electrons. The van der Waals surface area contributed by atoms with Crippen molar-refractivity contribution in [2.24, 2.45) is 0 Å². The van der Waals surface area contributed by atoms with Crippen LogP contribution in [0, 0.1) is 0 Å². The second-order valence-corrected chi connectivity index (χ2v) is 22.4. The Labute approximate surface area is 269 Å². The topological polar surface area (TPSA) is 46.0 Å². The Morgan fingerprint density at radius 3 is 1.89 bits per heavy atom. The molecule has 0 aliphatic carbocycles. The van der Waals surface area contributed by atoms with Crippen molar-refractivity contribution >= 4 is 34.8 Å². The highest BCUT2D eigenvalue weighted by Gasteiger charge is 2.27. The zero-order chi connectivity index (χ0) is 32.4. The predicted molar refractivity (Wildman–Crippen MR) is 194 cm³/mol. The molecule has 2 aromatic heterocycles. The third-order valence-electron chi connectivity index (χ3n) is 8.47. The first kappa shape index (κ1) is 32.1. The highest BCUT2D eigenvalue weighted by atomic mass is 32.1. The molecular weight excluding hydrogens is 573 g/mol. The minimum atomic E-state index is -1.44. The highest BCUT2D eigenvalue weighted by molar-refractivity contribution is 7.21. The Bertz CT molecular complexity index is 1840. The van der Waals surface area contributed by atoms with E-state index in [1.807, 2.05) is 0 Å². The monoisotopic (exact) mass is 620 g/mol. The van der Waals surface area contributed by atoms with Gasteiger partial charge in [-0.25, -0.2) is 4.98 Å². The summed E-state index contributed by atoms with van der Waals surface area (Å²) in [5.41, 5.74) is 9.23. The molecular formula is C39H48N2OSSi. The van der Waals surface area contributed by atoms with Gasteiger partial charge in [-0.05, 0) is 68.5 Å². The van der Waals surface area contributed by atoms with Gasteiger partial charge in [0.25, 0.3) is 0 Å². The van der Waals surface area contributed by atoms with E-state index in [9.17, 15) is 5.11 Å². The zero-order valence-electron chi connectivity index (χ0n) is 28.6. The van der Waals surface area contributed by atoms with E-state index in [1.165, 1.54) is 16.3 Å². The lowest BCUT2D eigenvalue weighted by Gasteiger charge is -2.27. The minimum Gasteiger partial charge on any atom is -0.507 e. The summed E-state index contributed by atoms with van der Waals surface area (Å²) in [6.07, 6.45) is 2.07. The van der Waals surface area contributed by atoms with Crippen LogP contribution in [0.1, 0.15) is 79.0 Å². The number of aromatic nitrogens is 2. The maximum atomic E-state index is 11.6. The second-order valence-electron chi connectivity index (χ2n) is 16.3. The molecule has 44 heavy (non-hydrogen) atoms. The molecule has 1 N–H and O–H groups in total. The number of hydrogen-bond acceptors (Lipinski definition) is 4. The molecule has 5 heteroatoms. The van der Waals surface area contributed by atoms with Gasteiger partial charge in [-0.1, -0.05) is 112 Å². The Kier molecular flexibility index (Phi) is 8.00. The molecule has 0 amide bonds. The molecule has 0 saturated heterocycles. The number of benzene rings is 3. The van der Waals surface area contributed by atoms with Crippen LogP contribution in [0.15, 0.2) is 66.9 Å². The van der Waals surface area contributed by atoms with Crippen LogP contribution in [0.3, 0.4) is 0 Å². The molecule has 0 saturated carbocycles. The largest absolute Gasteiger partial charge is 0.507 e. The summed E-state index contributed by atoms with van der Waals surface area (Å²) < 4.78 is 1.11. The average Bonchev–Trinajstić information content (AvgIpc) is 3.35. The van der Waals surface area contributed by atoms with E-state index in [2.05, 4.69) is 149 Å². The quantitative estimate of drug-likeness (QED) is 0.203. The maximum Gasteiger partial charge on any atom is 0.129 e. The van der Waals surface area contributed by atoms with E-state index in [0.717, 1.165) is 48.7 Å². The van der Waals surface area contributed by atoms with Crippen molar-refractivity contribution in [3.63, 3.8) is 0 Å². The van der Waals surface area contributed by atoms with E-state index in [1.54, 1.807) is 11.3 Å². The fraction of sp³-hybridized carbons (Fsp3) is 0.385. The van der Waals surface area contributed by atoms with Gasteiger partial charge in [-0.2, -0.15) is 0 Å². The number of rotatable bonds is 4. The number of pyridine rings is 1. The molecule has 0 fully saturated rings. The average molecular weight is 621 g/mol. The summed E-state index contributed by atoms with van der Waals surface area (Å²) in [5.74, 6) is 0.330. The summed E-state index contributed by atoms with van der Waals surface area (Å²) in [4.78, 5) is 10.2. The number of thiazole rings is 1. The van der Waals surface area contributed by atoms with Gasteiger partial charge in [0.1, 0.15) is 10.8 Å². The predicted octanol–water partition coefficient (Wildman–Crippen LogP) is 10.8. The van der Waals surface area contributed by atoms with Gasteiger partial charge in [-0.3, -0.25) is 4.98 Å². The van der Waals surface area contributed by atoms with Crippen molar-refractivity contribution in [1.82, 2.24) is 9.97 Å². The number of phenolic OH excluding ortho intramolecular Hbond substituents is 1. The molecule has 0 aliphatic heterocycles. The van der Waals surface area contributed by atoms with Gasteiger partial charge in [0.15, 0.2) is 0 Å². The van der Waals surface area contributed by atoms with E-state index in [0.29, 0.717) is 5.75 Å². The van der Waals surface area contributed by atoms with Crippen LogP contribution < -0.4 is 5.19 Å². The van der Waals surface area contributed by atoms with E-state index in [4.69, 9.17) is 9.97 Å². The first-order valence-corrected chi connectivity index (χ1v) is 20.0. The van der Waals surface area contributed by atoms with Crippen LogP contribution in [-0.4, -0.2) is 23.1 Å². The Hall–Kier alpha value is -3.28. The molecule has 3 aromatic carbocycles. The number of phenols is 1. The fourth-order valence-electron chi connectivity index (χ4n) is 5.47. The normalized spacial score (nSPS) is 13.1. The van der Waals surface area contributed by atoms with Gasteiger partial charge >= 0.3 is 0 Å². The van der Waals surface area contributed by atoms with Gasteiger partial charge in [0, 0.05) is 22.9 Å². The Morgan fingerprint density at radius 1 is 0.682 bits per heavy atom. The molecule has 5 aromatic rings. The molecule has 0 unspecified atom stereocenters. The molecule has 0 aliphatic rings. The number of hydrogen-bond donors (Lipinski definition) is 1. The van der Waals surface area contributed by atoms with Crippen LogP contribution in [0.5, 0.6) is 5.75 Å². The molecule has 0 spiro atoms. The first-order chi connectivity index (χ1) is 20.2. The van der Waals surface area contributed by atoms with Crippen LogP contribution >= 0.6 is 11.3 Å². The Morgan fingerprint density at radius 2 is 1.32 bits per heavy atom. The van der Waals surface area contributed by atoms with Gasteiger partial charge in [0.2, 0.25) is 0 Å². The van der Waals surface area contributed by atoms with Gasteiger partial charge in [-0.15, -0.1) is 11.3 Å². The summed E-state index contributed by atoms with van der Waals surface area (Å²) >= 11 is 1.65. The van der Waals surface area contributed by atoms with E-state index < -0.39 is 8.07 Å². The number of nitrogens with zero attached hydrogens (tertiary/aromatic N) is 2. The Balaban J connectivity index is 1.70. The lowest BCUT2D eigenvalue weighted by molar-refractivity contribution is 0.446. The SMILES string of the molecule is CC(C)(C)c1cc(-c2ccc([Si](C)(C)C)cn2)cc(-c2cccc3sc(-c4cc(C(C)(C)C)cc(C(C)(C)C)c4O)nc23)c1. The number of para-hydroxylation sites is 1. The smallest absolute Gasteiger partial charge is 0.129 e. The fourth-order valence-corrected chi connectivity index (χ4v) is 7.52. The molecule has 0 atom stereocenters. The standard InChI is InChI=1S/C39H48N2OSSi/c1-37(2,3)26-19-24(18-25(20-26)32-17-16-28(23-40-32)44(10,11)12)29-14-13-15-33-34(29)41-36(43-33)30-21-27(38(4,5)6)22-31(35(30)42)39(7,8)9/h13-23,42H,1-12H3. The van der Waals surface area contributed by atoms with Crippen LogP contribution in [0.4, 0.5) is 0 Å². The minimum absolute atomic E-state index is 0.0350. The van der Waals surface area contributed by atoms with Gasteiger partial charge in [0.05, 0.1) is 29.5 Å². The summed E-state index contributed by atoms with van der Waals surface area (Å²) in [6, 6.07) is 22.0. The third-order valence-corrected chi connectivity index (χ3v) is 11.6. The van der Waals surface area contributed by atoms with Crippen molar-refractivity contribution in [3.8, 4) is 38.7 Å².